The SMILES string of the molecule is CC(=O)[N+](C)(C)CCCOC1CCCCO1. The molecule has 94 valence electrons. The van der Waals surface area contributed by atoms with Gasteiger partial charge < -0.3 is 9.47 Å². The molecule has 0 aliphatic carbocycles. The lowest BCUT2D eigenvalue weighted by atomic mass is 10.2. The van der Waals surface area contributed by atoms with E-state index in [1.54, 1.807) is 6.92 Å². The molecule has 1 saturated heterocycles. The first kappa shape index (κ1) is 13.6. The largest absolute Gasteiger partial charge is 0.353 e. The van der Waals surface area contributed by atoms with Gasteiger partial charge in [-0.25, -0.2) is 4.79 Å². The maximum atomic E-state index is 11.3. The van der Waals surface area contributed by atoms with E-state index in [9.17, 15) is 4.79 Å². The van der Waals surface area contributed by atoms with Gasteiger partial charge in [-0.2, -0.15) is 0 Å². The summed E-state index contributed by atoms with van der Waals surface area (Å²) in [5.41, 5.74) is 0. The Morgan fingerprint density at radius 3 is 2.75 bits per heavy atom. The highest BCUT2D eigenvalue weighted by Crippen LogP contribution is 2.14. The summed E-state index contributed by atoms with van der Waals surface area (Å²) in [5, 5.41) is 0. The summed E-state index contributed by atoms with van der Waals surface area (Å²) in [4.78, 5) is 11.3. The van der Waals surface area contributed by atoms with E-state index >= 15 is 0 Å². The molecule has 1 rings (SSSR count). The second-order valence-corrected chi connectivity index (χ2v) is 4.95. The van der Waals surface area contributed by atoms with Gasteiger partial charge in [-0.3, -0.25) is 4.48 Å². The molecule has 0 bridgehead atoms. The molecule has 1 aliphatic rings. The Balaban J connectivity index is 2.09. The molecule has 4 heteroatoms. The second-order valence-electron chi connectivity index (χ2n) is 4.95. The van der Waals surface area contributed by atoms with Crippen molar-refractivity contribution in [3.63, 3.8) is 0 Å². The van der Waals surface area contributed by atoms with Gasteiger partial charge >= 0.3 is 5.91 Å². The van der Waals surface area contributed by atoms with E-state index in [2.05, 4.69) is 0 Å². The molecule has 1 unspecified atom stereocenters. The van der Waals surface area contributed by atoms with Crippen molar-refractivity contribution in [3.05, 3.63) is 0 Å². The zero-order chi connectivity index (χ0) is 12.0. The number of amides is 1. The highest BCUT2D eigenvalue weighted by Gasteiger charge is 2.21. The molecule has 1 amide bonds. The molecule has 1 atom stereocenters. The molecule has 0 aromatic carbocycles. The number of rotatable bonds is 5. The molecular formula is C12H24NO3+. The highest BCUT2D eigenvalue weighted by molar-refractivity contribution is 5.65. The lowest BCUT2D eigenvalue weighted by Crippen LogP contribution is -2.45. The summed E-state index contributed by atoms with van der Waals surface area (Å²) in [6.07, 6.45) is 4.23. The van der Waals surface area contributed by atoms with Gasteiger partial charge in [-0.1, -0.05) is 0 Å². The molecule has 0 aromatic rings. The molecule has 4 nitrogen and oxygen atoms in total. The maximum absolute atomic E-state index is 11.3. The Kier molecular flexibility index (Phi) is 5.38. The van der Waals surface area contributed by atoms with Crippen LogP contribution in [0.2, 0.25) is 0 Å². The van der Waals surface area contributed by atoms with E-state index in [1.165, 1.54) is 6.42 Å². The summed E-state index contributed by atoms with van der Waals surface area (Å²) in [6, 6.07) is 0. The highest BCUT2D eigenvalue weighted by atomic mass is 16.7. The minimum Gasteiger partial charge on any atom is -0.353 e. The number of carbonyl (C=O) groups is 1. The third-order valence-electron chi connectivity index (χ3n) is 3.16. The van der Waals surface area contributed by atoms with Gasteiger partial charge in [-0.15, -0.1) is 0 Å². The van der Waals surface area contributed by atoms with Gasteiger partial charge in [0.25, 0.3) is 0 Å². The fourth-order valence-corrected chi connectivity index (χ4v) is 1.67. The fraction of sp³-hybridized carbons (Fsp3) is 0.917. The summed E-state index contributed by atoms with van der Waals surface area (Å²) in [7, 11) is 3.86. The van der Waals surface area contributed by atoms with Crippen molar-refractivity contribution in [2.75, 3.05) is 33.9 Å². The average Bonchev–Trinajstić information content (AvgIpc) is 2.26. The van der Waals surface area contributed by atoms with Crippen LogP contribution in [-0.2, 0) is 14.3 Å². The number of quaternary nitrogens is 1. The van der Waals surface area contributed by atoms with Crippen LogP contribution < -0.4 is 0 Å². The normalized spacial score (nSPS) is 22.1. The molecule has 0 spiro atoms. The monoisotopic (exact) mass is 230 g/mol. The van der Waals surface area contributed by atoms with Crippen molar-refractivity contribution in [3.8, 4) is 0 Å². The van der Waals surface area contributed by atoms with Gasteiger partial charge in [-0.05, 0) is 19.3 Å². The van der Waals surface area contributed by atoms with Gasteiger partial charge in [0.1, 0.15) is 0 Å². The Hall–Kier alpha value is -0.450. The van der Waals surface area contributed by atoms with Crippen molar-refractivity contribution in [2.24, 2.45) is 0 Å². The van der Waals surface area contributed by atoms with Crippen molar-refractivity contribution in [1.82, 2.24) is 0 Å². The molecule has 16 heavy (non-hydrogen) atoms. The van der Waals surface area contributed by atoms with Crippen molar-refractivity contribution in [1.29, 1.82) is 0 Å². The van der Waals surface area contributed by atoms with Crippen LogP contribution in [0, 0.1) is 0 Å². The number of nitrogens with zero attached hydrogens (tertiary/aromatic N) is 1. The van der Waals surface area contributed by atoms with Gasteiger partial charge in [0.05, 0.1) is 34.2 Å². The Labute approximate surface area is 98.1 Å². The summed E-state index contributed by atoms with van der Waals surface area (Å²) in [5.74, 6) is 0.189. The zero-order valence-electron chi connectivity index (χ0n) is 10.7. The van der Waals surface area contributed by atoms with E-state index in [0.29, 0.717) is 11.1 Å². The van der Waals surface area contributed by atoms with Crippen LogP contribution >= 0.6 is 0 Å². The van der Waals surface area contributed by atoms with E-state index in [-0.39, 0.29) is 12.2 Å². The topological polar surface area (TPSA) is 35.5 Å². The first-order chi connectivity index (χ1) is 7.52. The number of hydrogen-bond donors (Lipinski definition) is 0. The molecule has 1 aliphatic heterocycles. The van der Waals surface area contributed by atoms with E-state index in [1.807, 2.05) is 14.1 Å². The maximum Gasteiger partial charge on any atom is 0.310 e. The lowest BCUT2D eigenvalue weighted by Gasteiger charge is -2.26. The van der Waals surface area contributed by atoms with Crippen molar-refractivity contribution < 1.29 is 18.8 Å². The first-order valence-corrected chi connectivity index (χ1v) is 6.10. The predicted molar refractivity (Wildman–Crippen MR) is 61.8 cm³/mol. The second kappa shape index (κ2) is 6.33. The van der Waals surface area contributed by atoms with Crippen molar-refractivity contribution in [2.45, 2.75) is 38.9 Å². The zero-order valence-corrected chi connectivity index (χ0v) is 10.7. The Morgan fingerprint density at radius 1 is 1.44 bits per heavy atom. The molecule has 0 aromatic heterocycles. The van der Waals surface area contributed by atoms with Gasteiger partial charge in [0, 0.05) is 13.0 Å². The van der Waals surface area contributed by atoms with Crippen molar-refractivity contribution >= 4 is 5.91 Å². The van der Waals surface area contributed by atoms with Crippen LogP contribution in [0.1, 0.15) is 32.6 Å². The summed E-state index contributed by atoms with van der Waals surface area (Å²) < 4.78 is 11.5. The standard InChI is InChI=1S/C12H24NO3/c1-11(14)13(2,3)8-6-10-16-12-7-4-5-9-15-12/h12H,4-10H2,1-3H3/q+1. The number of hydrogen-bond acceptors (Lipinski definition) is 3. The minimum atomic E-state index is -0.0123. The van der Waals surface area contributed by atoms with Gasteiger partial charge in [0.15, 0.2) is 6.29 Å². The smallest absolute Gasteiger partial charge is 0.310 e. The molecule has 1 fully saturated rings. The van der Waals surface area contributed by atoms with E-state index in [0.717, 1.165) is 32.4 Å². The van der Waals surface area contributed by atoms with Crippen LogP contribution in [0.15, 0.2) is 0 Å². The summed E-state index contributed by atoms with van der Waals surface area (Å²) in [6.45, 7) is 3.95. The minimum absolute atomic E-state index is 0.0123. The number of carbonyl (C=O) groups excluding carboxylic acids is 1. The molecule has 0 radical (unpaired) electrons. The average molecular weight is 230 g/mol. The Morgan fingerprint density at radius 2 is 2.19 bits per heavy atom. The Bertz CT molecular complexity index is 222. The quantitative estimate of drug-likeness (QED) is 0.531. The lowest BCUT2D eigenvalue weighted by molar-refractivity contribution is -0.813. The third-order valence-corrected chi connectivity index (χ3v) is 3.16. The fourth-order valence-electron chi connectivity index (χ4n) is 1.67. The molecule has 1 heterocycles. The van der Waals surface area contributed by atoms with E-state index in [4.69, 9.17) is 9.47 Å². The molecular weight excluding hydrogens is 206 g/mol. The van der Waals surface area contributed by atoms with Crippen LogP contribution in [0.3, 0.4) is 0 Å². The molecule has 0 saturated carbocycles. The van der Waals surface area contributed by atoms with Crippen LogP contribution in [-0.4, -0.2) is 50.5 Å². The third kappa shape index (κ3) is 4.60. The van der Waals surface area contributed by atoms with Crippen LogP contribution in [0.5, 0.6) is 0 Å². The summed E-state index contributed by atoms with van der Waals surface area (Å²) >= 11 is 0. The first-order valence-electron chi connectivity index (χ1n) is 6.10. The molecule has 0 N–H and O–H groups in total. The van der Waals surface area contributed by atoms with Crippen LogP contribution in [0.25, 0.3) is 0 Å². The van der Waals surface area contributed by atoms with Gasteiger partial charge in [0.2, 0.25) is 0 Å². The van der Waals surface area contributed by atoms with E-state index < -0.39 is 0 Å². The predicted octanol–water partition coefficient (Wildman–Crippen LogP) is 1.54. The number of ether oxygens (including phenoxy) is 2. The van der Waals surface area contributed by atoms with Crippen LogP contribution in [0.4, 0.5) is 0 Å².